The lowest BCUT2D eigenvalue weighted by Gasteiger charge is -2.31. The fourth-order valence-corrected chi connectivity index (χ4v) is 3.42. The maximum Gasteiger partial charge on any atom is 0.251 e. The van der Waals surface area contributed by atoms with Crippen molar-refractivity contribution < 1.29 is 13.6 Å². The van der Waals surface area contributed by atoms with E-state index >= 15 is 0 Å². The van der Waals surface area contributed by atoms with E-state index in [9.17, 15) is 9.18 Å². The number of likely N-dealkylation sites (tertiary alicyclic amines) is 1. The Morgan fingerprint density at radius 1 is 1.11 bits per heavy atom. The normalized spacial score (nSPS) is 15.5. The molecule has 0 spiro atoms. The van der Waals surface area contributed by atoms with Gasteiger partial charge in [0, 0.05) is 30.3 Å². The quantitative estimate of drug-likeness (QED) is 0.731. The largest absolute Gasteiger partial charge is 0.439 e. The molecule has 0 unspecified atom stereocenters. The van der Waals surface area contributed by atoms with Gasteiger partial charge >= 0.3 is 0 Å². The van der Waals surface area contributed by atoms with Crippen LogP contribution in [-0.2, 0) is 6.54 Å². The molecule has 28 heavy (non-hydrogen) atoms. The van der Waals surface area contributed by atoms with Crippen molar-refractivity contribution in [3.63, 3.8) is 0 Å². The molecule has 4 rings (SSSR count). The lowest BCUT2D eigenvalue weighted by atomic mass is 10.0. The summed E-state index contributed by atoms with van der Waals surface area (Å²) < 4.78 is 18.9. The van der Waals surface area contributed by atoms with Gasteiger partial charge in [0.2, 0.25) is 5.89 Å². The third kappa shape index (κ3) is 4.46. The molecular weight excluding hydrogens is 357 g/mol. The summed E-state index contributed by atoms with van der Waals surface area (Å²) in [6, 6.07) is 15.7. The lowest BCUT2D eigenvalue weighted by molar-refractivity contribution is 0.0905. The number of aromatic nitrogens is 1. The minimum atomic E-state index is -0.341. The van der Waals surface area contributed by atoms with Crippen LogP contribution in [0.15, 0.2) is 65.2 Å². The maximum absolute atomic E-state index is 13.0. The highest BCUT2D eigenvalue weighted by Gasteiger charge is 2.22. The van der Waals surface area contributed by atoms with Crippen LogP contribution in [0.2, 0.25) is 0 Å². The van der Waals surface area contributed by atoms with Crippen molar-refractivity contribution in [1.29, 1.82) is 0 Å². The Balaban J connectivity index is 1.27. The zero-order valence-corrected chi connectivity index (χ0v) is 15.5. The van der Waals surface area contributed by atoms with Crippen LogP contribution in [0.1, 0.15) is 29.1 Å². The summed E-state index contributed by atoms with van der Waals surface area (Å²) in [5.74, 6) is 0.982. The van der Waals surface area contributed by atoms with Crippen LogP contribution >= 0.6 is 0 Å². The van der Waals surface area contributed by atoms with Gasteiger partial charge in [-0.25, -0.2) is 9.37 Å². The predicted molar refractivity (Wildman–Crippen MR) is 104 cm³/mol. The number of carbonyl (C=O) groups is 1. The number of hydrogen-bond donors (Lipinski definition) is 1. The molecule has 1 amide bonds. The summed E-state index contributed by atoms with van der Waals surface area (Å²) in [4.78, 5) is 18.9. The van der Waals surface area contributed by atoms with E-state index < -0.39 is 0 Å². The van der Waals surface area contributed by atoms with Crippen LogP contribution in [0.4, 0.5) is 4.39 Å². The highest BCUT2D eigenvalue weighted by molar-refractivity contribution is 5.94. The summed E-state index contributed by atoms with van der Waals surface area (Å²) in [5, 5.41) is 3.04. The summed E-state index contributed by atoms with van der Waals surface area (Å²) in [6.07, 6.45) is 3.48. The number of amides is 1. The van der Waals surface area contributed by atoms with Crippen LogP contribution in [0, 0.1) is 5.82 Å². The van der Waals surface area contributed by atoms with Crippen LogP contribution in [0.3, 0.4) is 0 Å². The van der Waals surface area contributed by atoms with E-state index in [-0.39, 0.29) is 17.8 Å². The minimum Gasteiger partial charge on any atom is -0.439 e. The van der Waals surface area contributed by atoms with E-state index in [1.165, 1.54) is 24.3 Å². The monoisotopic (exact) mass is 379 g/mol. The first-order chi connectivity index (χ1) is 13.7. The van der Waals surface area contributed by atoms with Gasteiger partial charge in [-0.3, -0.25) is 9.69 Å². The summed E-state index contributed by atoms with van der Waals surface area (Å²) in [5.41, 5.74) is 1.50. The number of carbonyl (C=O) groups excluding carboxylic acids is 1. The van der Waals surface area contributed by atoms with E-state index in [1.807, 2.05) is 30.3 Å². The molecule has 2 aromatic carbocycles. The topological polar surface area (TPSA) is 58.4 Å². The smallest absolute Gasteiger partial charge is 0.251 e. The van der Waals surface area contributed by atoms with Gasteiger partial charge in [0.15, 0.2) is 5.76 Å². The third-order valence-corrected chi connectivity index (χ3v) is 5.00. The van der Waals surface area contributed by atoms with E-state index in [1.54, 1.807) is 6.20 Å². The maximum atomic E-state index is 13.0. The Morgan fingerprint density at radius 3 is 2.54 bits per heavy atom. The standard InChI is InChI=1S/C22H22FN3O2/c23-18-8-6-17(7-9-18)22(27)25-19-10-12-26(13-11-19)15-21-24-14-20(28-21)16-4-2-1-3-5-16/h1-9,14,19H,10-13,15H2,(H,25,27). The molecule has 1 aromatic heterocycles. The van der Waals surface area contributed by atoms with E-state index in [4.69, 9.17) is 4.42 Å². The number of halogens is 1. The molecule has 144 valence electrons. The molecule has 0 atom stereocenters. The molecule has 1 saturated heterocycles. The van der Waals surface area contributed by atoms with E-state index in [0.717, 1.165) is 37.3 Å². The fourth-order valence-electron chi connectivity index (χ4n) is 3.42. The molecule has 6 heteroatoms. The Labute approximate surface area is 163 Å². The number of oxazole rings is 1. The van der Waals surface area contributed by atoms with Crippen molar-refractivity contribution in [2.45, 2.75) is 25.4 Å². The first-order valence-corrected chi connectivity index (χ1v) is 9.46. The molecule has 1 aliphatic rings. The van der Waals surface area contributed by atoms with E-state index in [2.05, 4.69) is 15.2 Å². The highest BCUT2D eigenvalue weighted by atomic mass is 19.1. The van der Waals surface area contributed by atoms with Crippen molar-refractivity contribution in [2.75, 3.05) is 13.1 Å². The van der Waals surface area contributed by atoms with Crippen molar-refractivity contribution in [3.8, 4) is 11.3 Å². The second-order valence-corrected chi connectivity index (χ2v) is 7.02. The van der Waals surface area contributed by atoms with Gasteiger partial charge in [0.25, 0.3) is 5.91 Å². The van der Waals surface area contributed by atoms with E-state index in [0.29, 0.717) is 18.0 Å². The van der Waals surface area contributed by atoms with Gasteiger partial charge in [0.05, 0.1) is 12.7 Å². The molecule has 1 fully saturated rings. The van der Waals surface area contributed by atoms with Crippen molar-refractivity contribution >= 4 is 5.91 Å². The second-order valence-electron chi connectivity index (χ2n) is 7.02. The third-order valence-electron chi connectivity index (χ3n) is 5.00. The summed E-state index contributed by atoms with van der Waals surface area (Å²) in [6.45, 7) is 2.38. The average Bonchev–Trinajstić information content (AvgIpc) is 3.19. The molecule has 5 nitrogen and oxygen atoms in total. The number of nitrogens with zero attached hydrogens (tertiary/aromatic N) is 2. The molecule has 1 aliphatic heterocycles. The lowest BCUT2D eigenvalue weighted by Crippen LogP contribution is -2.44. The van der Waals surface area contributed by atoms with Gasteiger partial charge in [-0.2, -0.15) is 0 Å². The van der Waals surface area contributed by atoms with Crippen LogP contribution in [0.5, 0.6) is 0 Å². The molecule has 0 radical (unpaired) electrons. The SMILES string of the molecule is O=C(NC1CCN(Cc2ncc(-c3ccccc3)o2)CC1)c1ccc(F)cc1. The summed E-state index contributed by atoms with van der Waals surface area (Å²) >= 11 is 0. The van der Waals surface area contributed by atoms with Gasteiger partial charge in [-0.1, -0.05) is 30.3 Å². The van der Waals surface area contributed by atoms with Crippen molar-refractivity contribution in [2.24, 2.45) is 0 Å². The Kier molecular flexibility index (Phi) is 5.48. The van der Waals surface area contributed by atoms with Crippen LogP contribution < -0.4 is 5.32 Å². The highest BCUT2D eigenvalue weighted by Crippen LogP contribution is 2.21. The number of piperidine rings is 1. The molecule has 0 bridgehead atoms. The molecule has 2 heterocycles. The van der Waals surface area contributed by atoms with Gasteiger partial charge < -0.3 is 9.73 Å². The predicted octanol–water partition coefficient (Wildman–Crippen LogP) is 3.88. The number of rotatable bonds is 5. The molecule has 1 N–H and O–H groups in total. The fraction of sp³-hybridized carbons (Fsp3) is 0.273. The van der Waals surface area contributed by atoms with Crippen molar-refractivity contribution in [1.82, 2.24) is 15.2 Å². The Bertz CT molecular complexity index is 916. The zero-order chi connectivity index (χ0) is 19.3. The van der Waals surface area contributed by atoms with Crippen LogP contribution in [-0.4, -0.2) is 34.9 Å². The zero-order valence-electron chi connectivity index (χ0n) is 15.5. The first kappa shape index (κ1) is 18.4. The summed E-state index contributed by atoms with van der Waals surface area (Å²) in [7, 11) is 0. The Morgan fingerprint density at radius 2 is 1.82 bits per heavy atom. The number of benzene rings is 2. The Hall–Kier alpha value is -2.99. The molecule has 0 aliphatic carbocycles. The first-order valence-electron chi connectivity index (χ1n) is 9.46. The number of nitrogens with one attached hydrogen (secondary N) is 1. The molecule has 0 saturated carbocycles. The minimum absolute atomic E-state index is 0.123. The van der Waals surface area contributed by atoms with Gasteiger partial charge in [-0.05, 0) is 37.1 Å². The number of hydrogen-bond acceptors (Lipinski definition) is 4. The van der Waals surface area contributed by atoms with Gasteiger partial charge in [-0.15, -0.1) is 0 Å². The molecule has 3 aromatic rings. The van der Waals surface area contributed by atoms with Crippen molar-refractivity contribution in [3.05, 3.63) is 78.1 Å². The second kappa shape index (κ2) is 8.35. The van der Waals surface area contributed by atoms with Crippen LogP contribution in [0.25, 0.3) is 11.3 Å². The molecular formula is C22H22FN3O2. The van der Waals surface area contributed by atoms with Gasteiger partial charge in [0.1, 0.15) is 5.82 Å². The average molecular weight is 379 g/mol.